The number of hydrogen-bond donors (Lipinski definition) is 1. The fourth-order valence-electron chi connectivity index (χ4n) is 3.56. The van der Waals surface area contributed by atoms with Crippen LogP contribution in [0.2, 0.25) is 0 Å². The van der Waals surface area contributed by atoms with Gasteiger partial charge in [0.15, 0.2) is 0 Å². The molecule has 2 unspecified atom stereocenters. The van der Waals surface area contributed by atoms with Gasteiger partial charge in [-0.25, -0.2) is 0 Å². The molecule has 1 N–H and O–H groups in total. The molecule has 2 saturated heterocycles. The van der Waals surface area contributed by atoms with E-state index in [1.807, 2.05) is 6.07 Å². The first kappa shape index (κ1) is 13.1. The average molecular weight is 275 g/mol. The van der Waals surface area contributed by atoms with Gasteiger partial charge < -0.3 is 10.2 Å². The van der Waals surface area contributed by atoms with Crippen molar-refractivity contribution in [2.24, 2.45) is 0 Å². The molecule has 2 bridgehead atoms. The topological polar surface area (TPSA) is 39.1 Å². The highest BCUT2D eigenvalue weighted by molar-refractivity contribution is 7.12. The highest BCUT2D eigenvalue weighted by atomic mass is 32.1. The minimum atomic E-state index is 0.652. The maximum absolute atomic E-state index is 8.84. The molecule has 1 aromatic heterocycles. The fraction of sp³-hybridized carbons (Fsp3) is 0.667. The van der Waals surface area contributed by atoms with E-state index in [-0.39, 0.29) is 0 Å². The zero-order chi connectivity index (χ0) is 13.2. The molecular formula is C15H21N3S. The summed E-state index contributed by atoms with van der Waals surface area (Å²) in [7, 11) is 2.29. The van der Waals surface area contributed by atoms with E-state index in [0.717, 1.165) is 23.5 Å². The van der Waals surface area contributed by atoms with Crippen molar-refractivity contribution < 1.29 is 0 Å². The Hall–Kier alpha value is -0.890. The zero-order valence-electron chi connectivity index (χ0n) is 11.4. The Morgan fingerprint density at radius 2 is 2.11 bits per heavy atom. The molecular weight excluding hydrogens is 254 g/mol. The predicted molar refractivity (Wildman–Crippen MR) is 78.1 cm³/mol. The Kier molecular flexibility index (Phi) is 3.88. The van der Waals surface area contributed by atoms with Crippen LogP contribution in [0.1, 0.15) is 41.9 Å². The quantitative estimate of drug-likeness (QED) is 0.922. The first-order chi connectivity index (χ1) is 9.26. The molecule has 3 heterocycles. The average Bonchev–Trinajstić information content (AvgIpc) is 2.85. The van der Waals surface area contributed by atoms with Gasteiger partial charge in [0.05, 0.1) is 0 Å². The molecule has 2 aliphatic rings. The molecule has 2 aliphatic heterocycles. The van der Waals surface area contributed by atoms with Crippen LogP contribution in [-0.4, -0.2) is 30.1 Å². The Balaban J connectivity index is 1.55. The van der Waals surface area contributed by atoms with E-state index >= 15 is 0 Å². The molecule has 1 aromatic rings. The Labute approximate surface area is 119 Å². The lowest BCUT2D eigenvalue weighted by Gasteiger charge is -2.47. The molecule has 0 aliphatic carbocycles. The van der Waals surface area contributed by atoms with Gasteiger partial charge in [-0.15, -0.1) is 11.3 Å². The van der Waals surface area contributed by atoms with Gasteiger partial charge in [0.25, 0.3) is 0 Å². The molecule has 0 spiro atoms. The number of hydrogen-bond acceptors (Lipinski definition) is 4. The van der Waals surface area contributed by atoms with Gasteiger partial charge in [0, 0.05) is 29.5 Å². The Bertz CT molecular complexity index is 462. The summed E-state index contributed by atoms with van der Waals surface area (Å²) in [5, 5.41) is 12.5. The Morgan fingerprint density at radius 1 is 1.37 bits per heavy atom. The molecule has 0 radical (unpaired) electrons. The van der Waals surface area contributed by atoms with Crippen LogP contribution in [0, 0.1) is 11.3 Å². The number of piperidine rings is 2. The van der Waals surface area contributed by atoms with Crippen molar-refractivity contribution in [1.82, 2.24) is 10.2 Å². The zero-order valence-corrected chi connectivity index (χ0v) is 12.2. The van der Waals surface area contributed by atoms with E-state index in [2.05, 4.69) is 29.4 Å². The van der Waals surface area contributed by atoms with Gasteiger partial charge in [-0.2, -0.15) is 5.26 Å². The summed E-state index contributed by atoms with van der Waals surface area (Å²) in [5.74, 6) is 0. The number of fused-ring (bicyclic) bond motifs is 2. The molecule has 2 fully saturated rings. The summed E-state index contributed by atoms with van der Waals surface area (Å²) in [6.45, 7) is 0.917. The highest BCUT2D eigenvalue weighted by Crippen LogP contribution is 2.32. The first-order valence-corrected chi connectivity index (χ1v) is 8.02. The standard InChI is InChI=1S/C15H21N3S/c1-18-12-3-2-4-13(18)8-11(7-12)17-10-15-6-5-14(9-16)19-15/h5-6,11-13,17H,2-4,7-8,10H2,1H3. The third kappa shape index (κ3) is 2.84. The van der Waals surface area contributed by atoms with Crippen molar-refractivity contribution in [2.45, 2.75) is 56.8 Å². The normalized spacial score (nSPS) is 31.1. The number of thiophene rings is 1. The van der Waals surface area contributed by atoms with E-state index < -0.39 is 0 Å². The number of nitrogens with one attached hydrogen (secondary N) is 1. The van der Waals surface area contributed by atoms with Crippen molar-refractivity contribution in [3.05, 3.63) is 21.9 Å². The third-order valence-electron chi connectivity index (χ3n) is 4.68. The number of nitrogens with zero attached hydrogens (tertiary/aromatic N) is 2. The summed E-state index contributed by atoms with van der Waals surface area (Å²) in [5.41, 5.74) is 0. The van der Waals surface area contributed by atoms with Crippen molar-refractivity contribution in [2.75, 3.05) is 7.05 Å². The minimum absolute atomic E-state index is 0.652. The molecule has 3 nitrogen and oxygen atoms in total. The largest absolute Gasteiger partial charge is 0.309 e. The second-order valence-corrected chi connectivity index (χ2v) is 7.00. The van der Waals surface area contributed by atoms with E-state index in [1.54, 1.807) is 11.3 Å². The summed E-state index contributed by atoms with van der Waals surface area (Å²) in [6, 6.07) is 8.42. The Morgan fingerprint density at radius 3 is 2.74 bits per heavy atom. The van der Waals surface area contributed by atoms with Gasteiger partial charge in [0.1, 0.15) is 10.9 Å². The second kappa shape index (κ2) is 5.62. The molecule has 0 aromatic carbocycles. The van der Waals surface area contributed by atoms with Gasteiger partial charge in [-0.3, -0.25) is 0 Å². The minimum Gasteiger partial charge on any atom is -0.309 e. The molecule has 3 rings (SSSR count). The first-order valence-electron chi connectivity index (χ1n) is 7.20. The van der Waals surface area contributed by atoms with Crippen LogP contribution in [0.3, 0.4) is 0 Å². The van der Waals surface area contributed by atoms with Crippen LogP contribution in [0.15, 0.2) is 12.1 Å². The summed E-state index contributed by atoms with van der Waals surface area (Å²) in [6.07, 6.45) is 6.70. The molecule has 0 saturated carbocycles. The number of nitriles is 1. The smallest absolute Gasteiger partial charge is 0.110 e. The van der Waals surface area contributed by atoms with Crippen molar-refractivity contribution >= 4 is 11.3 Å². The van der Waals surface area contributed by atoms with Crippen LogP contribution in [0.5, 0.6) is 0 Å². The third-order valence-corrected chi connectivity index (χ3v) is 5.67. The van der Waals surface area contributed by atoms with Gasteiger partial charge in [-0.05, 0) is 44.9 Å². The predicted octanol–water partition coefficient (Wildman–Crippen LogP) is 2.72. The van der Waals surface area contributed by atoms with Crippen LogP contribution >= 0.6 is 11.3 Å². The molecule has 4 heteroatoms. The van der Waals surface area contributed by atoms with E-state index in [4.69, 9.17) is 5.26 Å². The highest BCUT2D eigenvalue weighted by Gasteiger charge is 2.35. The monoisotopic (exact) mass is 275 g/mol. The lowest BCUT2D eigenvalue weighted by atomic mass is 9.82. The maximum Gasteiger partial charge on any atom is 0.110 e. The number of rotatable bonds is 3. The molecule has 19 heavy (non-hydrogen) atoms. The van der Waals surface area contributed by atoms with Gasteiger partial charge in [-0.1, -0.05) is 6.42 Å². The van der Waals surface area contributed by atoms with E-state index in [1.165, 1.54) is 37.0 Å². The van der Waals surface area contributed by atoms with E-state index in [0.29, 0.717) is 6.04 Å². The SMILES string of the molecule is CN1C2CCCC1CC(NCc1ccc(C#N)s1)C2. The van der Waals surface area contributed by atoms with Crippen molar-refractivity contribution in [3.8, 4) is 6.07 Å². The summed E-state index contributed by atoms with van der Waals surface area (Å²) in [4.78, 5) is 4.69. The lowest BCUT2D eigenvalue weighted by Crippen LogP contribution is -2.54. The molecule has 0 amide bonds. The molecule has 102 valence electrons. The van der Waals surface area contributed by atoms with Gasteiger partial charge >= 0.3 is 0 Å². The van der Waals surface area contributed by atoms with Crippen LogP contribution in [0.4, 0.5) is 0 Å². The van der Waals surface area contributed by atoms with E-state index in [9.17, 15) is 0 Å². The van der Waals surface area contributed by atoms with Crippen LogP contribution < -0.4 is 5.32 Å². The molecule has 2 atom stereocenters. The van der Waals surface area contributed by atoms with Crippen LogP contribution in [0.25, 0.3) is 0 Å². The lowest BCUT2D eigenvalue weighted by molar-refractivity contribution is 0.0483. The van der Waals surface area contributed by atoms with Gasteiger partial charge in [0.2, 0.25) is 0 Å². The van der Waals surface area contributed by atoms with Crippen LogP contribution in [-0.2, 0) is 6.54 Å². The fourth-order valence-corrected chi connectivity index (χ4v) is 4.32. The van der Waals surface area contributed by atoms with Crippen molar-refractivity contribution in [1.29, 1.82) is 5.26 Å². The maximum atomic E-state index is 8.84. The summed E-state index contributed by atoms with van der Waals surface area (Å²) >= 11 is 1.61. The summed E-state index contributed by atoms with van der Waals surface area (Å²) < 4.78 is 0. The second-order valence-electron chi connectivity index (χ2n) is 5.83. The van der Waals surface area contributed by atoms with Crippen molar-refractivity contribution in [3.63, 3.8) is 0 Å².